The van der Waals surface area contributed by atoms with Crippen molar-refractivity contribution in [2.45, 2.75) is 11.8 Å². The lowest BCUT2D eigenvalue weighted by molar-refractivity contribution is 0.0955. The van der Waals surface area contributed by atoms with Gasteiger partial charge in [0.2, 0.25) is 0 Å². The van der Waals surface area contributed by atoms with Crippen molar-refractivity contribution in [2.75, 3.05) is 6.61 Å². The fourth-order valence-corrected chi connectivity index (χ4v) is 4.78. The number of rotatable bonds is 8. The molecule has 1 N–H and O–H groups in total. The van der Waals surface area contributed by atoms with Crippen molar-refractivity contribution in [1.82, 2.24) is 5.43 Å². The minimum absolute atomic E-state index is 0.0268. The third-order valence-corrected chi connectivity index (χ3v) is 6.89. The summed E-state index contributed by atoms with van der Waals surface area (Å²) in [7, 11) is -4.05. The molecule has 0 saturated heterocycles. The molecule has 0 fully saturated rings. The lowest BCUT2D eigenvalue weighted by atomic mass is 10.2. The molecule has 0 bridgehead atoms. The van der Waals surface area contributed by atoms with Gasteiger partial charge < -0.3 is 8.92 Å². The van der Waals surface area contributed by atoms with Gasteiger partial charge >= 0.3 is 10.1 Å². The highest BCUT2D eigenvalue weighted by atomic mass is 127. The van der Waals surface area contributed by atoms with Crippen LogP contribution in [0.4, 0.5) is 0 Å². The van der Waals surface area contributed by atoms with Crippen LogP contribution in [-0.4, -0.2) is 27.1 Å². The molecular formula is C22H17Cl2IN2O5S. The van der Waals surface area contributed by atoms with Crippen LogP contribution in [0, 0.1) is 3.57 Å². The molecule has 0 aliphatic carbocycles. The fraction of sp³-hybridized carbons (Fsp3) is 0.0909. The highest BCUT2D eigenvalue weighted by molar-refractivity contribution is 14.1. The van der Waals surface area contributed by atoms with E-state index in [-0.39, 0.29) is 28.0 Å². The molecular weight excluding hydrogens is 602 g/mol. The maximum Gasteiger partial charge on any atom is 0.339 e. The van der Waals surface area contributed by atoms with E-state index in [9.17, 15) is 13.2 Å². The Morgan fingerprint density at radius 2 is 1.82 bits per heavy atom. The Balaban J connectivity index is 1.81. The number of amides is 1. The van der Waals surface area contributed by atoms with Crippen LogP contribution >= 0.6 is 45.8 Å². The molecule has 0 radical (unpaired) electrons. The standard InChI is InChI=1S/C22H17Cl2IN2O5S/c1-2-31-20-11-14(13-26-27-22(28)15-8-9-17(23)18(24)12-15)10-19(25)21(20)32-33(29,30)16-6-4-3-5-7-16/h3-13H,2H2,1H3,(H,27,28)/b26-13-. The number of benzene rings is 3. The molecule has 3 aromatic carbocycles. The Labute approximate surface area is 215 Å². The van der Waals surface area contributed by atoms with Gasteiger partial charge in [-0.1, -0.05) is 41.4 Å². The smallest absolute Gasteiger partial charge is 0.339 e. The van der Waals surface area contributed by atoms with Gasteiger partial charge in [-0.15, -0.1) is 0 Å². The highest BCUT2D eigenvalue weighted by Gasteiger charge is 2.22. The zero-order valence-electron chi connectivity index (χ0n) is 17.1. The van der Waals surface area contributed by atoms with Gasteiger partial charge in [0.15, 0.2) is 11.5 Å². The van der Waals surface area contributed by atoms with E-state index in [1.54, 1.807) is 37.3 Å². The number of nitrogens with zero attached hydrogens (tertiary/aromatic N) is 1. The minimum atomic E-state index is -4.05. The van der Waals surface area contributed by atoms with Crippen molar-refractivity contribution in [3.63, 3.8) is 0 Å². The predicted molar refractivity (Wildman–Crippen MR) is 136 cm³/mol. The SMILES string of the molecule is CCOc1cc(/C=N\NC(=O)c2ccc(Cl)c(Cl)c2)cc(I)c1OS(=O)(=O)c1ccccc1. The summed E-state index contributed by atoms with van der Waals surface area (Å²) in [5.74, 6) is -0.182. The van der Waals surface area contributed by atoms with Crippen LogP contribution < -0.4 is 14.3 Å². The van der Waals surface area contributed by atoms with Crippen LogP contribution in [0.2, 0.25) is 10.0 Å². The fourth-order valence-electron chi connectivity index (χ4n) is 2.62. The first kappa shape index (κ1) is 25.3. The van der Waals surface area contributed by atoms with E-state index in [2.05, 4.69) is 10.5 Å². The molecule has 0 saturated carbocycles. The zero-order valence-corrected chi connectivity index (χ0v) is 21.6. The first-order chi connectivity index (χ1) is 15.7. The maximum absolute atomic E-state index is 12.6. The third kappa shape index (κ3) is 6.59. The first-order valence-corrected chi connectivity index (χ1v) is 12.7. The highest BCUT2D eigenvalue weighted by Crippen LogP contribution is 2.36. The van der Waals surface area contributed by atoms with E-state index in [4.69, 9.17) is 32.1 Å². The largest absolute Gasteiger partial charge is 0.490 e. The van der Waals surface area contributed by atoms with Crippen molar-refractivity contribution < 1.29 is 22.1 Å². The van der Waals surface area contributed by atoms with Crippen LogP contribution in [-0.2, 0) is 10.1 Å². The Hall–Kier alpha value is -2.34. The minimum Gasteiger partial charge on any atom is -0.490 e. The molecule has 0 aromatic heterocycles. The van der Waals surface area contributed by atoms with Crippen molar-refractivity contribution >= 4 is 68.0 Å². The molecule has 0 atom stereocenters. The summed E-state index contributed by atoms with van der Waals surface area (Å²) in [6.45, 7) is 2.05. The van der Waals surface area contributed by atoms with E-state index in [0.29, 0.717) is 19.7 Å². The molecule has 33 heavy (non-hydrogen) atoms. The Kier molecular flexibility index (Phi) is 8.57. The predicted octanol–water partition coefficient (Wildman–Crippen LogP) is 5.53. The van der Waals surface area contributed by atoms with Gasteiger partial charge in [0.1, 0.15) is 4.90 Å². The van der Waals surface area contributed by atoms with Crippen molar-refractivity contribution in [3.8, 4) is 11.5 Å². The summed E-state index contributed by atoms with van der Waals surface area (Å²) >= 11 is 13.7. The maximum atomic E-state index is 12.6. The number of carbonyl (C=O) groups is 1. The molecule has 3 rings (SSSR count). The summed E-state index contributed by atoms with van der Waals surface area (Å²) in [4.78, 5) is 12.3. The topological polar surface area (TPSA) is 94.1 Å². The van der Waals surface area contributed by atoms with Crippen LogP contribution in [0.25, 0.3) is 0 Å². The van der Waals surface area contributed by atoms with E-state index in [0.717, 1.165) is 0 Å². The second kappa shape index (κ2) is 11.2. The van der Waals surface area contributed by atoms with E-state index in [1.165, 1.54) is 36.5 Å². The van der Waals surface area contributed by atoms with E-state index in [1.807, 2.05) is 22.6 Å². The average Bonchev–Trinajstić information content (AvgIpc) is 2.78. The molecule has 7 nitrogen and oxygen atoms in total. The lowest BCUT2D eigenvalue weighted by Crippen LogP contribution is -2.17. The molecule has 0 aliphatic heterocycles. The molecule has 3 aromatic rings. The summed E-state index contributed by atoms with van der Waals surface area (Å²) in [6, 6.07) is 15.5. The van der Waals surface area contributed by atoms with Crippen LogP contribution in [0.15, 0.2) is 70.7 Å². The summed E-state index contributed by atoms with van der Waals surface area (Å²) < 4.78 is 36.8. The number of halogens is 3. The molecule has 11 heteroatoms. The molecule has 172 valence electrons. The van der Waals surface area contributed by atoms with Gasteiger partial charge in [-0.3, -0.25) is 4.79 Å². The quantitative estimate of drug-likeness (QED) is 0.155. The monoisotopic (exact) mass is 618 g/mol. The van der Waals surface area contributed by atoms with Gasteiger partial charge in [-0.25, -0.2) is 5.43 Å². The van der Waals surface area contributed by atoms with E-state index >= 15 is 0 Å². The molecule has 0 unspecified atom stereocenters. The molecule has 0 heterocycles. The van der Waals surface area contributed by atoms with Crippen molar-refractivity contribution in [3.05, 3.63) is 85.4 Å². The number of hydrogen-bond acceptors (Lipinski definition) is 6. The zero-order chi connectivity index (χ0) is 24.0. The van der Waals surface area contributed by atoms with Gasteiger partial charge in [0.25, 0.3) is 5.91 Å². The normalized spacial score (nSPS) is 11.4. The molecule has 0 aliphatic rings. The first-order valence-electron chi connectivity index (χ1n) is 9.45. The van der Waals surface area contributed by atoms with Gasteiger partial charge in [-0.2, -0.15) is 13.5 Å². The lowest BCUT2D eigenvalue weighted by Gasteiger charge is -2.14. The van der Waals surface area contributed by atoms with E-state index < -0.39 is 16.0 Å². The number of nitrogens with one attached hydrogen (secondary N) is 1. The summed E-state index contributed by atoms with van der Waals surface area (Å²) in [6.07, 6.45) is 1.40. The van der Waals surface area contributed by atoms with Crippen LogP contribution in [0.1, 0.15) is 22.8 Å². The number of carbonyl (C=O) groups excluding carboxylic acids is 1. The number of hydrogen-bond donors (Lipinski definition) is 1. The summed E-state index contributed by atoms with van der Waals surface area (Å²) in [5, 5.41) is 4.54. The molecule has 0 spiro atoms. The second-order valence-corrected chi connectivity index (χ2v) is 9.96. The number of ether oxygens (including phenoxy) is 1. The van der Waals surface area contributed by atoms with Gasteiger partial charge in [0, 0.05) is 5.56 Å². The van der Waals surface area contributed by atoms with Crippen molar-refractivity contribution in [1.29, 1.82) is 0 Å². The second-order valence-electron chi connectivity index (χ2n) is 6.44. The number of hydrazone groups is 1. The van der Waals surface area contributed by atoms with Gasteiger partial charge in [0.05, 0.1) is 26.4 Å². The third-order valence-electron chi connectivity index (χ3n) is 4.12. The summed E-state index contributed by atoms with van der Waals surface area (Å²) in [5.41, 5.74) is 3.25. The average molecular weight is 619 g/mol. The van der Waals surface area contributed by atoms with Crippen LogP contribution in [0.3, 0.4) is 0 Å². The van der Waals surface area contributed by atoms with Crippen molar-refractivity contribution in [2.24, 2.45) is 5.10 Å². The Morgan fingerprint density at radius 1 is 1.09 bits per heavy atom. The molecule has 1 amide bonds. The Bertz CT molecular complexity index is 1300. The van der Waals surface area contributed by atoms with Gasteiger partial charge in [-0.05, 0) is 77.5 Å². The van der Waals surface area contributed by atoms with Crippen LogP contribution in [0.5, 0.6) is 11.5 Å². The Morgan fingerprint density at radius 3 is 2.48 bits per heavy atom.